The Morgan fingerprint density at radius 2 is 1.24 bits per heavy atom. The fraction of sp³-hybridized carbons (Fsp3) is 0.815. The maximum Gasteiger partial charge on any atom is 0.329 e. The molecule has 6 nitrogen and oxygen atoms in total. The molecule has 0 bridgehead atoms. The number of imidazole rings is 1. The average molecular weight is 493 g/mol. The van der Waals surface area contributed by atoms with Gasteiger partial charge in [0.15, 0.2) is 16.3 Å². The monoisotopic (exact) mass is 492 g/mol. The van der Waals surface area contributed by atoms with Crippen molar-refractivity contribution in [2.75, 3.05) is 5.75 Å². The molecule has 0 amide bonds. The van der Waals surface area contributed by atoms with Crippen LogP contribution in [0.1, 0.15) is 123 Å². The molecule has 2 aromatic heterocycles. The molecule has 0 radical (unpaired) electrons. The molecule has 2 heterocycles. The Hall–Kier alpha value is -1.50. The molecule has 0 aromatic carbocycles. The molecule has 0 spiro atoms. The molecule has 0 aliphatic heterocycles. The predicted molar refractivity (Wildman–Crippen MR) is 146 cm³/mol. The van der Waals surface area contributed by atoms with E-state index in [0.717, 1.165) is 30.3 Å². The van der Waals surface area contributed by atoms with Crippen molar-refractivity contribution in [1.29, 1.82) is 0 Å². The highest BCUT2D eigenvalue weighted by atomic mass is 32.2. The van der Waals surface area contributed by atoms with Crippen LogP contribution in [0, 0.1) is 0 Å². The molecule has 194 valence electrons. The first kappa shape index (κ1) is 28.7. The van der Waals surface area contributed by atoms with Gasteiger partial charge >= 0.3 is 5.69 Å². The molecule has 34 heavy (non-hydrogen) atoms. The highest BCUT2D eigenvalue weighted by Crippen LogP contribution is 2.24. The van der Waals surface area contributed by atoms with E-state index in [2.05, 4.69) is 23.4 Å². The topological polar surface area (TPSA) is 72.7 Å². The first-order valence-corrected chi connectivity index (χ1v) is 14.9. The fourth-order valence-electron chi connectivity index (χ4n) is 4.51. The fourth-order valence-corrected chi connectivity index (χ4v) is 5.53. The second-order valence-corrected chi connectivity index (χ2v) is 10.8. The van der Waals surface area contributed by atoms with Crippen molar-refractivity contribution in [3.05, 3.63) is 20.8 Å². The summed E-state index contributed by atoms with van der Waals surface area (Å²) in [5, 5.41) is 0.878. The van der Waals surface area contributed by atoms with Crippen LogP contribution in [0.15, 0.2) is 14.7 Å². The quantitative estimate of drug-likeness (QED) is 0.157. The van der Waals surface area contributed by atoms with Crippen LogP contribution in [0.25, 0.3) is 11.2 Å². The molecule has 0 atom stereocenters. The molecular weight excluding hydrogens is 444 g/mol. The van der Waals surface area contributed by atoms with E-state index >= 15 is 0 Å². The summed E-state index contributed by atoms with van der Waals surface area (Å²) in [7, 11) is 1.68. The summed E-state index contributed by atoms with van der Waals surface area (Å²) in [4.78, 5) is 31.9. The zero-order valence-electron chi connectivity index (χ0n) is 22.0. The van der Waals surface area contributed by atoms with Gasteiger partial charge in [0.2, 0.25) is 0 Å². The number of rotatable bonds is 20. The van der Waals surface area contributed by atoms with Gasteiger partial charge < -0.3 is 4.57 Å². The van der Waals surface area contributed by atoms with Crippen LogP contribution >= 0.6 is 11.8 Å². The minimum absolute atomic E-state index is 0.319. The number of nitrogens with one attached hydrogen (secondary N) is 1. The largest absolute Gasteiger partial charge is 0.329 e. The Labute approximate surface area is 210 Å². The average Bonchev–Trinajstić information content (AvgIpc) is 3.19. The van der Waals surface area contributed by atoms with Gasteiger partial charge in [-0.05, 0) is 12.8 Å². The van der Waals surface area contributed by atoms with Crippen LogP contribution in [0.3, 0.4) is 0 Å². The normalized spacial score (nSPS) is 11.6. The highest BCUT2D eigenvalue weighted by molar-refractivity contribution is 7.99. The number of unbranched alkanes of at least 4 members (excludes halogenated alkanes) is 15. The Morgan fingerprint density at radius 3 is 1.79 bits per heavy atom. The van der Waals surface area contributed by atoms with Crippen LogP contribution in [-0.4, -0.2) is 24.9 Å². The highest BCUT2D eigenvalue weighted by Gasteiger charge is 2.17. The second kappa shape index (κ2) is 17.0. The number of fused-ring (bicyclic) bond motifs is 1. The van der Waals surface area contributed by atoms with Gasteiger partial charge in [0.1, 0.15) is 0 Å². The van der Waals surface area contributed by atoms with E-state index in [0.29, 0.717) is 11.2 Å². The summed E-state index contributed by atoms with van der Waals surface area (Å²) in [6, 6.07) is 0. The number of H-pyrrole nitrogens is 1. The van der Waals surface area contributed by atoms with Crippen LogP contribution in [-0.2, 0) is 13.6 Å². The lowest BCUT2D eigenvalue weighted by Gasteiger charge is -2.09. The van der Waals surface area contributed by atoms with E-state index in [1.165, 1.54) is 101 Å². The molecule has 2 rings (SSSR count). The number of hydrogen-bond donors (Lipinski definition) is 1. The lowest BCUT2D eigenvalue weighted by Crippen LogP contribution is -2.29. The number of aromatic amines is 1. The van der Waals surface area contributed by atoms with Gasteiger partial charge in [0.25, 0.3) is 5.56 Å². The zero-order chi connectivity index (χ0) is 24.6. The van der Waals surface area contributed by atoms with Crippen LogP contribution < -0.4 is 11.2 Å². The summed E-state index contributed by atoms with van der Waals surface area (Å²) in [5.41, 5.74) is 0.327. The van der Waals surface area contributed by atoms with Crippen molar-refractivity contribution < 1.29 is 0 Å². The van der Waals surface area contributed by atoms with Gasteiger partial charge in [-0.2, -0.15) is 0 Å². The first-order valence-electron chi connectivity index (χ1n) is 13.9. The molecule has 0 unspecified atom stereocenters. The Morgan fingerprint density at radius 1 is 0.735 bits per heavy atom. The summed E-state index contributed by atoms with van der Waals surface area (Å²) < 4.78 is 3.52. The third-order valence-corrected chi connectivity index (χ3v) is 7.75. The molecule has 1 N–H and O–H groups in total. The maximum atomic E-state index is 12.6. The third-order valence-electron chi connectivity index (χ3n) is 6.69. The number of hydrogen-bond acceptors (Lipinski definition) is 4. The molecule has 0 aliphatic rings. The lowest BCUT2D eigenvalue weighted by atomic mass is 10.1. The first-order chi connectivity index (χ1) is 16.6. The van der Waals surface area contributed by atoms with Gasteiger partial charge in [-0.3, -0.25) is 14.3 Å². The van der Waals surface area contributed by atoms with E-state index in [1.54, 1.807) is 18.8 Å². The van der Waals surface area contributed by atoms with Gasteiger partial charge in [-0.25, -0.2) is 9.78 Å². The second-order valence-electron chi connectivity index (χ2n) is 9.69. The number of thioether (sulfide) groups is 1. The molecule has 0 fully saturated rings. The van der Waals surface area contributed by atoms with Crippen molar-refractivity contribution in [2.45, 2.75) is 135 Å². The van der Waals surface area contributed by atoms with Crippen LogP contribution in [0.2, 0.25) is 0 Å². The minimum Gasteiger partial charge on any atom is -0.313 e. The predicted octanol–water partition coefficient (Wildman–Crippen LogP) is 7.19. The number of nitrogens with zero attached hydrogens (tertiary/aromatic N) is 3. The van der Waals surface area contributed by atoms with E-state index in [9.17, 15) is 9.59 Å². The Kier molecular flexibility index (Phi) is 14.4. The standard InChI is InChI=1S/C27H48N4O2S/c1-4-6-8-10-12-13-14-15-17-19-21-31-23-24(30(3)26(33)29-25(23)32)28-27(31)34-22-20-18-16-11-9-7-5-2/h4-22H2,1-3H3,(H,29,32,33). The summed E-state index contributed by atoms with van der Waals surface area (Å²) >= 11 is 1.73. The van der Waals surface area contributed by atoms with E-state index in [-0.39, 0.29) is 5.56 Å². The number of aryl methyl sites for hydroxylation is 2. The zero-order valence-corrected chi connectivity index (χ0v) is 22.8. The lowest BCUT2D eigenvalue weighted by molar-refractivity contribution is 0.526. The minimum atomic E-state index is -0.398. The Balaban J connectivity index is 1.87. The van der Waals surface area contributed by atoms with Crippen LogP contribution in [0.4, 0.5) is 0 Å². The van der Waals surface area contributed by atoms with Crippen molar-refractivity contribution >= 4 is 22.9 Å². The van der Waals surface area contributed by atoms with Crippen molar-refractivity contribution in [2.24, 2.45) is 7.05 Å². The molecular formula is C27H48N4O2S. The summed E-state index contributed by atoms with van der Waals surface area (Å²) in [5.74, 6) is 1.00. The van der Waals surface area contributed by atoms with Crippen LogP contribution in [0.5, 0.6) is 0 Å². The molecule has 0 aliphatic carbocycles. The van der Waals surface area contributed by atoms with Crippen molar-refractivity contribution in [3.8, 4) is 0 Å². The maximum absolute atomic E-state index is 12.6. The summed E-state index contributed by atoms with van der Waals surface area (Å²) in [6.07, 6.45) is 21.8. The third kappa shape index (κ3) is 9.63. The van der Waals surface area contributed by atoms with Gasteiger partial charge in [-0.1, -0.05) is 122 Å². The number of aromatic nitrogens is 4. The van der Waals surface area contributed by atoms with Gasteiger partial charge in [0, 0.05) is 19.3 Å². The van der Waals surface area contributed by atoms with Crippen molar-refractivity contribution in [3.63, 3.8) is 0 Å². The smallest absolute Gasteiger partial charge is 0.313 e. The van der Waals surface area contributed by atoms with Gasteiger partial charge in [-0.15, -0.1) is 0 Å². The van der Waals surface area contributed by atoms with E-state index in [1.807, 2.05) is 0 Å². The van der Waals surface area contributed by atoms with Crippen molar-refractivity contribution in [1.82, 2.24) is 19.1 Å². The molecule has 7 heteroatoms. The van der Waals surface area contributed by atoms with E-state index < -0.39 is 5.69 Å². The van der Waals surface area contributed by atoms with Gasteiger partial charge in [0.05, 0.1) is 0 Å². The summed E-state index contributed by atoms with van der Waals surface area (Å²) in [6.45, 7) is 5.29. The molecule has 0 saturated carbocycles. The SMILES string of the molecule is CCCCCCCCCCCCn1c(SCCCCCCCCC)nc2c1c(=O)[nH]c(=O)n2C. The Bertz CT molecular complexity index is 931. The van der Waals surface area contributed by atoms with E-state index in [4.69, 9.17) is 4.98 Å². The molecule has 0 saturated heterocycles. The molecule has 2 aromatic rings.